The van der Waals surface area contributed by atoms with E-state index in [-0.39, 0.29) is 12.4 Å². The Morgan fingerprint density at radius 1 is 1.03 bits per heavy atom. The number of esters is 1. The van der Waals surface area contributed by atoms with Gasteiger partial charge in [-0.15, -0.1) is 0 Å². The molecule has 0 aromatic heterocycles. The third kappa shape index (κ3) is 7.57. The van der Waals surface area contributed by atoms with E-state index < -0.39 is 29.9 Å². The predicted octanol–water partition coefficient (Wildman–Crippen LogP) is 2.59. The Bertz CT molecular complexity index is 866. The summed E-state index contributed by atoms with van der Waals surface area (Å²) in [6.45, 7) is 3.08. The Labute approximate surface area is 168 Å². The van der Waals surface area contributed by atoms with Crippen molar-refractivity contribution in [3.63, 3.8) is 0 Å². The number of carbonyl (C=O) groups excluding carboxylic acids is 3. The van der Waals surface area contributed by atoms with Crippen molar-refractivity contribution in [2.45, 2.75) is 32.5 Å². The van der Waals surface area contributed by atoms with Crippen LogP contribution in [0, 0.1) is 5.82 Å². The first-order chi connectivity index (χ1) is 13.8. The van der Waals surface area contributed by atoms with Crippen LogP contribution in [0.15, 0.2) is 60.7 Å². The predicted molar refractivity (Wildman–Crippen MR) is 107 cm³/mol. The molecule has 0 bridgehead atoms. The van der Waals surface area contributed by atoms with Crippen molar-refractivity contribution >= 4 is 23.9 Å². The summed E-state index contributed by atoms with van der Waals surface area (Å²) < 4.78 is 18.0. The summed E-state index contributed by atoms with van der Waals surface area (Å²) >= 11 is 0. The molecule has 2 aromatic carbocycles. The highest BCUT2D eigenvalue weighted by Crippen LogP contribution is 2.04. The number of hydrogen-bond donors (Lipinski definition) is 2. The highest BCUT2D eigenvalue weighted by molar-refractivity contribution is 5.94. The third-order valence-electron chi connectivity index (χ3n) is 3.98. The van der Waals surface area contributed by atoms with Crippen LogP contribution in [-0.4, -0.2) is 29.9 Å². The molecule has 7 heteroatoms. The Morgan fingerprint density at radius 2 is 1.69 bits per heavy atom. The van der Waals surface area contributed by atoms with Gasteiger partial charge in [-0.3, -0.25) is 9.59 Å². The maximum absolute atomic E-state index is 12.9. The molecule has 2 amide bonds. The number of rotatable bonds is 8. The fraction of sp³-hybridized carbons (Fsp3) is 0.227. The van der Waals surface area contributed by atoms with Gasteiger partial charge in [-0.05, 0) is 43.2 Å². The Morgan fingerprint density at radius 3 is 2.34 bits per heavy atom. The summed E-state index contributed by atoms with van der Waals surface area (Å²) in [5, 5.41) is 5.09. The second kappa shape index (κ2) is 10.8. The maximum Gasteiger partial charge on any atom is 0.329 e. The van der Waals surface area contributed by atoms with Crippen LogP contribution < -0.4 is 10.6 Å². The minimum atomic E-state index is -1.04. The van der Waals surface area contributed by atoms with Crippen LogP contribution in [0.2, 0.25) is 0 Å². The van der Waals surface area contributed by atoms with Crippen LogP contribution in [-0.2, 0) is 25.7 Å². The van der Waals surface area contributed by atoms with Crippen LogP contribution in [0.25, 0.3) is 6.08 Å². The molecule has 2 atom stereocenters. The van der Waals surface area contributed by atoms with Gasteiger partial charge in [0.2, 0.25) is 5.91 Å². The topological polar surface area (TPSA) is 84.5 Å². The van der Waals surface area contributed by atoms with Crippen LogP contribution in [0.5, 0.6) is 0 Å². The summed E-state index contributed by atoms with van der Waals surface area (Å²) in [5.74, 6) is -2.04. The molecule has 0 aliphatic heterocycles. The monoisotopic (exact) mass is 398 g/mol. The number of ether oxygens (including phenoxy) is 1. The van der Waals surface area contributed by atoms with E-state index in [0.717, 1.165) is 5.56 Å². The number of amides is 2. The zero-order valence-corrected chi connectivity index (χ0v) is 16.2. The van der Waals surface area contributed by atoms with Gasteiger partial charge in [0, 0.05) is 12.6 Å². The van der Waals surface area contributed by atoms with Gasteiger partial charge in [0.05, 0.1) is 0 Å². The van der Waals surface area contributed by atoms with Crippen LogP contribution in [0.4, 0.5) is 4.39 Å². The maximum atomic E-state index is 12.9. The zero-order valence-electron chi connectivity index (χ0n) is 16.2. The lowest BCUT2D eigenvalue weighted by atomic mass is 10.2. The summed E-state index contributed by atoms with van der Waals surface area (Å²) in [6, 6.07) is 14.0. The van der Waals surface area contributed by atoms with E-state index in [4.69, 9.17) is 4.74 Å². The van der Waals surface area contributed by atoms with E-state index in [9.17, 15) is 18.8 Å². The first kappa shape index (κ1) is 21.8. The molecule has 0 saturated carbocycles. The molecule has 0 fully saturated rings. The van der Waals surface area contributed by atoms with Crippen molar-refractivity contribution in [2.24, 2.45) is 0 Å². The second-order valence-electron chi connectivity index (χ2n) is 6.40. The van der Waals surface area contributed by atoms with Gasteiger partial charge >= 0.3 is 5.97 Å². The number of hydrogen-bond acceptors (Lipinski definition) is 4. The first-order valence-electron chi connectivity index (χ1n) is 9.11. The average molecular weight is 398 g/mol. The van der Waals surface area contributed by atoms with Crippen molar-refractivity contribution in [3.05, 3.63) is 77.6 Å². The molecule has 0 unspecified atom stereocenters. The molecular weight excluding hydrogens is 375 g/mol. The van der Waals surface area contributed by atoms with Gasteiger partial charge in [-0.1, -0.05) is 42.5 Å². The van der Waals surface area contributed by atoms with Crippen molar-refractivity contribution < 1.29 is 23.5 Å². The van der Waals surface area contributed by atoms with E-state index in [1.807, 2.05) is 30.3 Å². The van der Waals surface area contributed by atoms with E-state index in [1.165, 1.54) is 32.1 Å². The molecule has 2 aromatic rings. The first-order valence-corrected chi connectivity index (χ1v) is 9.11. The normalized spacial score (nSPS) is 12.8. The Kier molecular flexibility index (Phi) is 8.09. The van der Waals surface area contributed by atoms with Gasteiger partial charge in [0.1, 0.15) is 11.9 Å². The fourth-order valence-corrected chi connectivity index (χ4v) is 2.32. The van der Waals surface area contributed by atoms with Gasteiger partial charge in [0.15, 0.2) is 6.10 Å². The zero-order chi connectivity index (χ0) is 21.2. The molecule has 152 valence electrons. The Balaban J connectivity index is 1.76. The second-order valence-corrected chi connectivity index (χ2v) is 6.40. The smallest absolute Gasteiger partial charge is 0.329 e. The summed E-state index contributed by atoms with van der Waals surface area (Å²) in [5.41, 5.74) is 1.56. The number of halogens is 1. The van der Waals surface area contributed by atoms with Gasteiger partial charge in [-0.2, -0.15) is 0 Å². The molecular formula is C22H23FN2O4. The molecule has 0 aliphatic rings. The molecule has 2 rings (SSSR count). The standard InChI is InChI=1S/C22H23FN2O4/c1-15(25-20(26)13-10-17-6-4-3-5-7-17)22(28)29-16(2)21(27)24-14-18-8-11-19(23)12-9-18/h3-13,15-16H,14H2,1-2H3,(H,24,27)(H,25,26)/b13-10+/t15-,16-/m0/s1. The lowest BCUT2D eigenvalue weighted by molar-refractivity contribution is -0.157. The van der Waals surface area contributed by atoms with Crippen LogP contribution >= 0.6 is 0 Å². The summed E-state index contributed by atoms with van der Waals surface area (Å²) in [4.78, 5) is 36.1. The number of nitrogens with one attached hydrogen (secondary N) is 2. The van der Waals surface area contributed by atoms with E-state index in [2.05, 4.69) is 10.6 Å². The molecule has 0 radical (unpaired) electrons. The van der Waals surface area contributed by atoms with E-state index >= 15 is 0 Å². The minimum absolute atomic E-state index is 0.178. The third-order valence-corrected chi connectivity index (χ3v) is 3.98. The molecule has 0 aliphatic carbocycles. The molecule has 0 spiro atoms. The average Bonchev–Trinajstić information content (AvgIpc) is 2.72. The van der Waals surface area contributed by atoms with Crippen LogP contribution in [0.3, 0.4) is 0 Å². The molecule has 2 N–H and O–H groups in total. The molecule has 6 nitrogen and oxygen atoms in total. The minimum Gasteiger partial charge on any atom is -0.451 e. The lowest BCUT2D eigenvalue weighted by Gasteiger charge is -2.17. The van der Waals surface area contributed by atoms with Crippen molar-refractivity contribution in [1.82, 2.24) is 10.6 Å². The number of carbonyl (C=O) groups is 3. The van der Waals surface area contributed by atoms with E-state index in [0.29, 0.717) is 5.56 Å². The number of benzene rings is 2. The highest BCUT2D eigenvalue weighted by atomic mass is 19.1. The van der Waals surface area contributed by atoms with Gasteiger partial charge in [-0.25, -0.2) is 9.18 Å². The summed E-state index contributed by atoms with van der Waals surface area (Å²) in [7, 11) is 0. The lowest BCUT2D eigenvalue weighted by Crippen LogP contribution is -2.43. The molecule has 0 saturated heterocycles. The van der Waals surface area contributed by atoms with E-state index in [1.54, 1.807) is 18.2 Å². The highest BCUT2D eigenvalue weighted by Gasteiger charge is 2.22. The summed E-state index contributed by atoms with van der Waals surface area (Å²) in [6.07, 6.45) is 1.90. The Hall–Kier alpha value is -3.48. The van der Waals surface area contributed by atoms with Gasteiger partial charge in [0.25, 0.3) is 5.91 Å². The molecule has 29 heavy (non-hydrogen) atoms. The van der Waals surface area contributed by atoms with Crippen LogP contribution in [0.1, 0.15) is 25.0 Å². The quantitative estimate of drug-likeness (QED) is 0.529. The van der Waals surface area contributed by atoms with Crippen molar-refractivity contribution in [2.75, 3.05) is 0 Å². The largest absolute Gasteiger partial charge is 0.451 e. The van der Waals surface area contributed by atoms with Crippen molar-refractivity contribution in [3.8, 4) is 0 Å². The fourth-order valence-electron chi connectivity index (χ4n) is 2.32. The SMILES string of the molecule is C[C@H](NC(=O)/C=C/c1ccccc1)C(=O)O[C@@H](C)C(=O)NCc1ccc(F)cc1. The molecule has 0 heterocycles. The van der Waals surface area contributed by atoms with Crippen molar-refractivity contribution in [1.29, 1.82) is 0 Å². The van der Waals surface area contributed by atoms with Gasteiger partial charge < -0.3 is 15.4 Å².